The summed E-state index contributed by atoms with van der Waals surface area (Å²) in [6.07, 6.45) is 0.466. The molecule has 0 aliphatic carbocycles. The van der Waals surface area contributed by atoms with E-state index >= 15 is 0 Å². The Hall–Kier alpha value is -2.35. The number of aryl methyl sites for hydroxylation is 1. The van der Waals surface area contributed by atoms with Crippen LogP contribution in [0.3, 0.4) is 0 Å². The van der Waals surface area contributed by atoms with Crippen molar-refractivity contribution >= 4 is 0 Å². The van der Waals surface area contributed by atoms with Crippen molar-refractivity contribution in [3.8, 4) is 29.4 Å². The topological polar surface area (TPSA) is 22.4 Å². The van der Waals surface area contributed by atoms with Gasteiger partial charge in [0.1, 0.15) is 17.3 Å². The van der Waals surface area contributed by atoms with Gasteiger partial charge in [0, 0.05) is 5.56 Å². The number of ether oxygens (including phenoxy) is 1. The van der Waals surface area contributed by atoms with E-state index in [9.17, 15) is 13.2 Å². The van der Waals surface area contributed by atoms with Gasteiger partial charge in [-0.1, -0.05) is 5.92 Å². The number of hydrogen-bond acceptors (Lipinski definition) is 2. The second-order valence-corrected chi connectivity index (χ2v) is 3.81. The number of rotatable bonds is 2. The number of terminal acetylenes is 1. The Balaban J connectivity index is 2.52. The Morgan fingerprint density at radius 3 is 2.47 bits per heavy atom. The van der Waals surface area contributed by atoms with E-state index in [0.717, 1.165) is 0 Å². The molecule has 0 aliphatic rings. The Kier molecular flexibility index (Phi) is 3.26. The second kappa shape index (κ2) is 4.73. The van der Waals surface area contributed by atoms with Crippen LogP contribution in [0.1, 0.15) is 11.3 Å². The molecule has 0 aliphatic heterocycles. The first-order chi connectivity index (χ1) is 8.89. The van der Waals surface area contributed by atoms with Gasteiger partial charge in [-0.2, -0.15) is 0 Å². The molecule has 0 amide bonds. The van der Waals surface area contributed by atoms with E-state index in [4.69, 9.17) is 10.8 Å². The van der Waals surface area contributed by atoms with Crippen LogP contribution in [0.25, 0.3) is 11.3 Å². The molecule has 98 valence electrons. The maximum atomic E-state index is 12.3. The third kappa shape index (κ3) is 3.10. The summed E-state index contributed by atoms with van der Waals surface area (Å²) in [4.78, 5) is 0. The normalized spacial score (nSPS) is 11.1. The van der Waals surface area contributed by atoms with Crippen molar-refractivity contribution in [1.29, 1.82) is 0 Å². The molecule has 0 fully saturated rings. The van der Waals surface area contributed by atoms with Gasteiger partial charge in [0.15, 0.2) is 0 Å². The summed E-state index contributed by atoms with van der Waals surface area (Å²) in [6.45, 7) is 1.69. The van der Waals surface area contributed by atoms with Crippen LogP contribution in [0.4, 0.5) is 13.2 Å². The molecular formula is C14H9F3O2. The van der Waals surface area contributed by atoms with Gasteiger partial charge in [0.05, 0.1) is 5.56 Å². The number of halogens is 3. The van der Waals surface area contributed by atoms with Crippen molar-refractivity contribution in [1.82, 2.24) is 0 Å². The zero-order valence-electron chi connectivity index (χ0n) is 9.91. The van der Waals surface area contributed by atoms with Crippen LogP contribution in [0.2, 0.25) is 0 Å². The fraction of sp³-hybridized carbons (Fsp3) is 0.143. The lowest BCUT2D eigenvalue weighted by molar-refractivity contribution is -0.274. The van der Waals surface area contributed by atoms with Crippen molar-refractivity contribution in [2.24, 2.45) is 0 Å². The van der Waals surface area contributed by atoms with Gasteiger partial charge in [0.2, 0.25) is 0 Å². The highest BCUT2D eigenvalue weighted by atomic mass is 19.4. The molecule has 0 atom stereocenters. The molecule has 0 radical (unpaired) electrons. The first-order valence-corrected chi connectivity index (χ1v) is 5.32. The van der Waals surface area contributed by atoms with Crippen LogP contribution in [-0.2, 0) is 0 Å². The number of hydrogen-bond donors (Lipinski definition) is 0. The van der Waals surface area contributed by atoms with Crippen molar-refractivity contribution in [3.63, 3.8) is 0 Å². The predicted molar refractivity (Wildman–Crippen MR) is 63.5 cm³/mol. The van der Waals surface area contributed by atoms with Gasteiger partial charge in [-0.05, 0) is 37.3 Å². The average molecular weight is 266 g/mol. The number of furan rings is 1. The van der Waals surface area contributed by atoms with Crippen LogP contribution in [0.5, 0.6) is 5.75 Å². The maximum absolute atomic E-state index is 12.3. The molecular weight excluding hydrogens is 257 g/mol. The zero-order valence-corrected chi connectivity index (χ0v) is 9.91. The highest BCUT2D eigenvalue weighted by Crippen LogP contribution is 2.35. The Morgan fingerprint density at radius 1 is 1.21 bits per heavy atom. The van der Waals surface area contributed by atoms with Crippen LogP contribution in [0, 0.1) is 19.3 Å². The molecule has 0 saturated carbocycles. The monoisotopic (exact) mass is 266 g/mol. The quantitative estimate of drug-likeness (QED) is 0.762. The van der Waals surface area contributed by atoms with Gasteiger partial charge < -0.3 is 9.15 Å². The van der Waals surface area contributed by atoms with Crippen molar-refractivity contribution < 1.29 is 22.3 Å². The van der Waals surface area contributed by atoms with Gasteiger partial charge in [-0.3, -0.25) is 0 Å². The molecule has 0 spiro atoms. The molecule has 0 bridgehead atoms. The molecule has 1 aromatic heterocycles. The second-order valence-electron chi connectivity index (χ2n) is 3.81. The molecule has 2 aromatic rings. The fourth-order valence-corrected chi connectivity index (χ4v) is 1.61. The van der Waals surface area contributed by atoms with E-state index in [0.29, 0.717) is 11.3 Å². The van der Waals surface area contributed by atoms with E-state index in [1.54, 1.807) is 19.1 Å². The van der Waals surface area contributed by atoms with Crippen molar-refractivity contribution in [2.75, 3.05) is 0 Å². The smallest absolute Gasteiger partial charge is 0.461 e. The lowest BCUT2D eigenvalue weighted by Crippen LogP contribution is -2.17. The largest absolute Gasteiger partial charge is 0.573 e. The van der Waals surface area contributed by atoms with Crippen LogP contribution < -0.4 is 4.74 Å². The Bertz CT molecular complexity index is 633. The highest BCUT2D eigenvalue weighted by Gasteiger charge is 2.32. The van der Waals surface area contributed by atoms with Gasteiger partial charge >= 0.3 is 6.36 Å². The summed E-state index contributed by atoms with van der Waals surface area (Å²) in [6, 6.07) is 7.18. The van der Waals surface area contributed by atoms with Crippen molar-refractivity contribution in [3.05, 3.63) is 41.7 Å². The molecule has 5 heteroatoms. The van der Waals surface area contributed by atoms with Crippen LogP contribution in [0.15, 0.2) is 34.7 Å². The average Bonchev–Trinajstić information content (AvgIpc) is 2.74. The molecule has 0 saturated heterocycles. The molecule has 19 heavy (non-hydrogen) atoms. The maximum Gasteiger partial charge on any atom is 0.573 e. The first kappa shape index (κ1) is 13.1. The summed E-state index contributed by atoms with van der Waals surface area (Å²) < 4.78 is 46.3. The zero-order chi connectivity index (χ0) is 14.0. The van der Waals surface area contributed by atoms with Gasteiger partial charge in [-0.25, -0.2) is 0 Å². The Labute approximate surface area is 107 Å². The number of alkyl halides is 3. The first-order valence-electron chi connectivity index (χ1n) is 5.32. The van der Waals surface area contributed by atoms with E-state index in [1.807, 2.05) is 0 Å². The molecule has 1 aromatic carbocycles. The number of benzene rings is 1. The summed E-state index contributed by atoms with van der Waals surface area (Å²) >= 11 is 0. The summed E-state index contributed by atoms with van der Waals surface area (Å²) in [5.74, 6) is 2.86. The minimum Gasteiger partial charge on any atom is -0.461 e. The lowest BCUT2D eigenvalue weighted by atomic mass is 10.1. The molecule has 2 nitrogen and oxygen atoms in total. The standard InChI is InChI=1S/C14H9F3O2/c1-3-10-5-7-13(19-14(15,16)17)11(8-10)12-6-4-9(2)18-12/h1,4-8H,2H3. The Morgan fingerprint density at radius 2 is 1.95 bits per heavy atom. The predicted octanol–water partition coefficient (Wildman–Crippen LogP) is 4.13. The summed E-state index contributed by atoms with van der Waals surface area (Å²) in [7, 11) is 0. The molecule has 0 unspecified atom stereocenters. The SMILES string of the molecule is C#Cc1ccc(OC(F)(F)F)c(-c2ccc(C)o2)c1. The summed E-state index contributed by atoms with van der Waals surface area (Å²) in [5.41, 5.74) is 0.611. The van der Waals surface area contributed by atoms with Crippen molar-refractivity contribution in [2.45, 2.75) is 13.3 Å². The summed E-state index contributed by atoms with van der Waals surface area (Å²) in [5, 5.41) is 0. The van der Waals surface area contributed by atoms with E-state index in [1.165, 1.54) is 18.2 Å². The molecule has 2 rings (SSSR count). The van der Waals surface area contributed by atoms with Gasteiger partial charge in [0.25, 0.3) is 0 Å². The molecule has 0 N–H and O–H groups in total. The third-order valence-corrected chi connectivity index (χ3v) is 2.38. The third-order valence-electron chi connectivity index (χ3n) is 2.38. The highest BCUT2D eigenvalue weighted by molar-refractivity contribution is 5.68. The molecule has 1 heterocycles. The minimum absolute atomic E-state index is 0.167. The minimum atomic E-state index is -4.77. The van der Waals surface area contributed by atoms with Crippen LogP contribution >= 0.6 is 0 Å². The van der Waals surface area contributed by atoms with Gasteiger partial charge in [-0.15, -0.1) is 19.6 Å². The van der Waals surface area contributed by atoms with E-state index < -0.39 is 6.36 Å². The van der Waals surface area contributed by atoms with Crippen LogP contribution in [-0.4, -0.2) is 6.36 Å². The fourth-order valence-electron chi connectivity index (χ4n) is 1.61. The lowest BCUT2D eigenvalue weighted by Gasteiger charge is -2.12. The van der Waals surface area contributed by atoms with E-state index in [-0.39, 0.29) is 17.1 Å². The van der Waals surface area contributed by atoms with E-state index in [2.05, 4.69) is 10.7 Å².